The van der Waals surface area contributed by atoms with Gasteiger partial charge in [-0.15, -0.1) is 0 Å². The number of hydrogen-bond acceptors (Lipinski definition) is 4. The first kappa shape index (κ1) is 17.0. The Bertz CT molecular complexity index is 970. The molecule has 126 valence electrons. The first-order valence-corrected chi connectivity index (χ1v) is 8.26. The van der Waals surface area contributed by atoms with Crippen LogP contribution < -0.4 is 10.2 Å². The number of nitrogens with zero attached hydrogens (tertiary/aromatic N) is 1. The highest BCUT2D eigenvalue weighted by Crippen LogP contribution is 2.26. The Morgan fingerprint density at radius 3 is 2.56 bits per heavy atom. The molecule has 0 spiro atoms. The summed E-state index contributed by atoms with van der Waals surface area (Å²) in [4.78, 5) is 12.4. The standard InChI is InChI=1S/C19H15BrN2O3/c1-25-18-10-14-5-3-2-4-13(14)9-15(18)19(24)22-21-11-12-6-7-17(23)16(20)8-12/h2-11,23H,1H3,(H,22,24)/b21-11+. The highest BCUT2D eigenvalue weighted by molar-refractivity contribution is 9.10. The number of carbonyl (C=O) groups excluding carboxylic acids is 1. The van der Waals surface area contributed by atoms with Crippen molar-refractivity contribution in [2.24, 2.45) is 5.10 Å². The number of hydrazone groups is 1. The molecular weight excluding hydrogens is 384 g/mol. The van der Waals surface area contributed by atoms with Crippen LogP contribution in [0.1, 0.15) is 15.9 Å². The minimum absolute atomic E-state index is 0.141. The van der Waals surface area contributed by atoms with E-state index >= 15 is 0 Å². The summed E-state index contributed by atoms with van der Waals surface area (Å²) in [5.74, 6) is 0.262. The molecule has 2 N–H and O–H groups in total. The number of aromatic hydroxyl groups is 1. The second-order valence-electron chi connectivity index (χ2n) is 5.31. The minimum Gasteiger partial charge on any atom is -0.507 e. The van der Waals surface area contributed by atoms with E-state index in [2.05, 4.69) is 26.5 Å². The van der Waals surface area contributed by atoms with E-state index in [0.29, 0.717) is 15.8 Å². The number of nitrogens with one attached hydrogen (secondary N) is 1. The van der Waals surface area contributed by atoms with Crippen LogP contribution in [0.4, 0.5) is 0 Å². The third-order valence-electron chi connectivity index (χ3n) is 3.66. The Kier molecular flexibility index (Phi) is 5.00. The maximum absolute atomic E-state index is 12.4. The molecule has 3 aromatic carbocycles. The van der Waals surface area contributed by atoms with E-state index < -0.39 is 0 Å². The number of methoxy groups -OCH3 is 1. The zero-order chi connectivity index (χ0) is 17.8. The quantitative estimate of drug-likeness (QED) is 0.513. The summed E-state index contributed by atoms with van der Waals surface area (Å²) in [7, 11) is 1.53. The minimum atomic E-state index is -0.364. The van der Waals surface area contributed by atoms with Crippen LogP contribution in [0.3, 0.4) is 0 Å². The van der Waals surface area contributed by atoms with Crippen molar-refractivity contribution < 1.29 is 14.6 Å². The lowest BCUT2D eigenvalue weighted by Gasteiger charge is -2.09. The van der Waals surface area contributed by atoms with E-state index in [1.807, 2.05) is 30.3 Å². The van der Waals surface area contributed by atoms with Crippen LogP contribution in [-0.2, 0) is 0 Å². The van der Waals surface area contributed by atoms with Crippen LogP contribution >= 0.6 is 15.9 Å². The Labute approximate surface area is 153 Å². The normalized spacial score (nSPS) is 11.0. The number of fused-ring (bicyclic) bond motifs is 1. The molecule has 0 heterocycles. The Morgan fingerprint density at radius 1 is 1.16 bits per heavy atom. The van der Waals surface area contributed by atoms with Crippen LogP contribution in [0.25, 0.3) is 10.8 Å². The van der Waals surface area contributed by atoms with Crippen LogP contribution in [0.15, 0.2) is 64.2 Å². The molecule has 0 saturated heterocycles. The summed E-state index contributed by atoms with van der Waals surface area (Å²) in [5.41, 5.74) is 3.63. The van der Waals surface area contributed by atoms with Gasteiger partial charge in [-0.05, 0) is 62.6 Å². The fourth-order valence-corrected chi connectivity index (χ4v) is 2.79. The lowest BCUT2D eigenvalue weighted by atomic mass is 10.1. The summed E-state index contributed by atoms with van der Waals surface area (Å²) >= 11 is 3.23. The van der Waals surface area contributed by atoms with Gasteiger partial charge < -0.3 is 9.84 Å². The van der Waals surface area contributed by atoms with Crippen molar-refractivity contribution in [3.05, 3.63) is 70.2 Å². The number of benzene rings is 3. The number of hydrogen-bond donors (Lipinski definition) is 2. The molecule has 6 heteroatoms. The van der Waals surface area contributed by atoms with Gasteiger partial charge in [-0.1, -0.05) is 24.3 Å². The smallest absolute Gasteiger partial charge is 0.275 e. The predicted molar refractivity (Wildman–Crippen MR) is 101 cm³/mol. The monoisotopic (exact) mass is 398 g/mol. The third-order valence-corrected chi connectivity index (χ3v) is 4.30. The van der Waals surface area contributed by atoms with Gasteiger partial charge in [0.1, 0.15) is 11.5 Å². The molecule has 0 fully saturated rings. The molecule has 1 amide bonds. The van der Waals surface area contributed by atoms with Crippen molar-refractivity contribution in [1.82, 2.24) is 5.43 Å². The molecular formula is C19H15BrN2O3. The summed E-state index contributed by atoms with van der Waals surface area (Å²) in [6.07, 6.45) is 1.50. The van der Waals surface area contributed by atoms with Gasteiger partial charge in [-0.25, -0.2) is 5.43 Å². The maximum Gasteiger partial charge on any atom is 0.275 e. The molecule has 0 aliphatic rings. The number of amides is 1. The first-order chi connectivity index (χ1) is 12.1. The zero-order valence-corrected chi connectivity index (χ0v) is 14.9. The number of carbonyl (C=O) groups is 1. The molecule has 0 unspecified atom stereocenters. The average molecular weight is 399 g/mol. The van der Waals surface area contributed by atoms with Gasteiger partial charge in [-0.3, -0.25) is 4.79 Å². The Balaban J connectivity index is 1.81. The van der Waals surface area contributed by atoms with Gasteiger partial charge in [0.25, 0.3) is 5.91 Å². The Hall–Kier alpha value is -2.86. The Morgan fingerprint density at radius 2 is 1.88 bits per heavy atom. The molecule has 0 aliphatic carbocycles. The molecule has 3 rings (SSSR count). The third kappa shape index (κ3) is 3.80. The number of phenolic OH excluding ortho intramolecular Hbond substituents is 1. The van der Waals surface area contributed by atoms with Crippen molar-refractivity contribution in [1.29, 1.82) is 0 Å². The second kappa shape index (κ2) is 7.36. The largest absolute Gasteiger partial charge is 0.507 e. The van der Waals surface area contributed by atoms with Gasteiger partial charge >= 0.3 is 0 Å². The molecule has 0 atom stereocenters. The van der Waals surface area contributed by atoms with E-state index in [9.17, 15) is 9.90 Å². The second-order valence-corrected chi connectivity index (χ2v) is 6.16. The van der Waals surface area contributed by atoms with Crippen LogP contribution in [0, 0.1) is 0 Å². The van der Waals surface area contributed by atoms with E-state index in [1.165, 1.54) is 13.3 Å². The van der Waals surface area contributed by atoms with Gasteiger partial charge in [0.2, 0.25) is 0 Å². The van der Waals surface area contributed by atoms with Crippen molar-refractivity contribution in [2.45, 2.75) is 0 Å². The molecule has 0 saturated carbocycles. The molecule has 0 aromatic heterocycles. The average Bonchev–Trinajstić information content (AvgIpc) is 2.63. The topological polar surface area (TPSA) is 70.9 Å². The van der Waals surface area contributed by atoms with E-state index in [-0.39, 0.29) is 11.7 Å². The fourth-order valence-electron chi connectivity index (χ4n) is 2.39. The molecule has 3 aromatic rings. The van der Waals surface area contributed by atoms with E-state index in [4.69, 9.17) is 4.74 Å². The molecule has 5 nitrogen and oxygen atoms in total. The summed E-state index contributed by atoms with van der Waals surface area (Å²) in [6, 6.07) is 16.3. The molecule has 0 radical (unpaired) electrons. The summed E-state index contributed by atoms with van der Waals surface area (Å²) < 4.78 is 5.88. The molecule has 25 heavy (non-hydrogen) atoms. The first-order valence-electron chi connectivity index (χ1n) is 7.47. The lowest BCUT2D eigenvalue weighted by molar-refractivity contribution is 0.0952. The number of halogens is 1. The molecule has 0 aliphatic heterocycles. The highest BCUT2D eigenvalue weighted by Gasteiger charge is 2.13. The van der Waals surface area contributed by atoms with Gasteiger partial charge in [0, 0.05) is 0 Å². The van der Waals surface area contributed by atoms with Crippen molar-refractivity contribution in [3.63, 3.8) is 0 Å². The van der Waals surface area contributed by atoms with Crippen molar-refractivity contribution >= 4 is 38.8 Å². The van der Waals surface area contributed by atoms with E-state index in [1.54, 1.807) is 24.3 Å². The number of ether oxygens (including phenoxy) is 1. The number of phenols is 1. The zero-order valence-electron chi connectivity index (χ0n) is 13.4. The summed E-state index contributed by atoms with van der Waals surface area (Å²) in [5, 5.41) is 15.4. The van der Waals surface area contributed by atoms with Crippen LogP contribution in [-0.4, -0.2) is 24.3 Å². The van der Waals surface area contributed by atoms with Crippen molar-refractivity contribution in [2.75, 3.05) is 7.11 Å². The number of rotatable bonds is 4. The fraction of sp³-hybridized carbons (Fsp3) is 0.0526. The SMILES string of the molecule is COc1cc2ccccc2cc1C(=O)N/N=C/c1ccc(O)c(Br)c1. The predicted octanol–water partition coefficient (Wildman–Crippen LogP) is 4.08. The highest BCUT2D eigenvalue weighted by atomic mass is 79.9. The molecule has 0 bridgehead atoms. The van der Waals surface area contributed by atoms with Crippen LogP contribution in [0.5, 0.6) is 11.5 Å². The van der Waals surface area contributed by atoms with E-state index in [0.717, 1.165) is 16.3 Å². The van der Waals surface area contributed by atoms with Crippen molar-refractivity contribution in [3.8, 4) is 11.5 Å². The van der Waals surface area contributed by atoms with Crippen LogP contribution in [0.2, 0.25) is 0 Å². The van der Waals surface area contributed by atoms with Gasteiger partial charge in [-0.2, -0.15) is 5.10 Å². The maximum atomic E-state index is 12.4. The van der Waals surface area contributed by atoms with Gasteiger partial charge in [0.05, 0.1) is 23.4 Å². The van der Waals surface area contributed by atoms with Gasteiger partial charge in [0.15, 0.2) is 0 Å². The lowest BCUT2D eigenvalue weighted by Crippen LogP contribution is -2.18. The summed E-state index contributed by atoms with van der Waals surface area (Å²) in [6.45, 7) is 0.